The van der Waals surface area contributed by atoms with Crippen molar-refractivity contribution in [2.75, 3.05) is 23.3 Å². The molecule has 0 unspecified atom stereocenters. The Hall–Kier alpha value is -1.95. The first-order chi connectivity index (χ1) is 10.6. The smallest absolute Gasteiger partial charge is 0.230 e. The zero-order valence-electron chi connectivity index (χ0n) is 12.7. The molecule has 2 rings (SSSR count). The summed E-state index contributed by atoms with van der Waals surface area (Å²) in [4.78, 5) is 14.2. The molecule has 0 aliphatic carbocycles. The third-order valence-electron chi connectivity index (χ3n) is 3.31. The highest BCUT2D eigenvalue weighted by Gasteiger charge is 2.09. The van der Waals surface area contributed by atoms with Gasteiger partial charge in [-0.3, -0.25) is 4.79 Å². The second-order valence-electron chi connectivity index (χ2n) is 4.77. The topological polar surface area (TPSA) is 58.1 Å². The number of carbonyl (C=O) groups is 1. The van der Waals surface area contributed by atoms with Crippen molar-refractivity contribution < 1.29 is 4.79 Å². The molecule has 1 N–H and O–H groups in total. The largest absolute Gasteiger partial charge is 0.356 e. The van der Waals surface area contributed by atoms with Crippen LogP contribution in [0.5, 0.6) is 0 Å². The van der Waals surface area contributed by atoms with Crippen molar-refractivity contribution in [3.05, 3.63) is 46.4 Å². The van der Waals surface area contributed by atoms with Gasteiger partial charge in [-0.1, -0.05) is 34.1 Å². The van der Waals surface area contributed by atoms with Gasteiger partial charge in [0, 0.05) is 17.6 Å². The van der Waals surface area contributed by atoms with Crippen LogP contribution in [0.25, 0.3) is 0 Å². The lowest BCUT2D eigenvalue weighted by Gasteiger charge is -2.18. The van der Waals surface area contributed by atoms with Crippen molar-refractivity contribution in [1.82, 2.24) is 10.2 Å². The molecule has 0 saturated carbocycles. The van der Waals surface area contributed by atoms with Crippen molar-refractivity contribution in [2.45, 2.75) is 20.3 Å². The molecule has 6 heteroatoms. The minimum Gasteiger partial charge on any atom is -0.356 e. The summed E-state index contributed by atoms with van der Waals surface area (Å²) < 4.78 is 0.924. The third kappa shape index (κ3) is 4.27. The fraction of sp³-hybridized carbons (Fsp3) is 0.312. The van der Waals surface area contributed by atoms with Crippen LogP contribution in [0, 0.1) is 0 Å². The van der Waals surface area contributed by atoms with Gasteiger partial charge in [0.25, 0.3) is 0 Å². The van der Waals surface area contributed by atoms with E-state index in [0.717, 1.165) is 28.9 Å². The first-order valence-corrected chi connectivity index (χ1v) is 8.05. The minimum atomic E-state index is -0.114. The number of halogens is 1. The highest BCUT2D eigenvalue weighted by molar-refractivity contribution is 9.10. The van der Waals surface area contributed by atoms with Crippen molar-refractivity contribution in [3.63, 3.8) is 0 Å². The number of rotatable bonds is 6. The molecule has 1 aromatic heterocycles. The summed E-state index contributed by atoms with van der Waals surface area (Å²) in [6.07, 6.45) is 0.293. The molecule has 1 heterocycles. The fourth-order valence-corrected chi connectivity index (χ4v) is 2.53. The molecule has 22 heavy (non-hydrogen) atoms. The van der Waals surface area contributed by atoms with Crippen LogP contribution < -0.4 is 10.2 Å². The van der Waals surface area contributed by atoms with Crippen LogP contribution in [0.2, 0.25) is 0 Å². The standard InChI is InChI=1S/C16H19BrN4O/c1-3-21(4-2)15-10-9-14(19-20-15)18-16(22)11-12-7-5-6-8-13(12)17/h5-10H,3-4,11H2,1-2H3,(H,18,19,22). The van der Waals surface area contributed by atoms with E-state index >= 15 is 0 Å². The average Bonchev–Trinajstić information content (AvgIpc) is 2.52. The van der Waals surface area contributed by atoms with Crippen molar-refractivity contribution in [2.24, 2.45) is 0 Å². The lowest BCUT2D eigenvalue weighted by molar-refractivity contribution is -0.115. The summed E-state index contributed by atoms with van der Waals surface area (Å²) in [7, 11) is 0. The first-order valence-electron chi connectivity index (χ1n) is 7.26. The van der Waals surface area contributed by atoms with E-state index in [9.17, 15) is 4.79 Å². The molecule has 1 amide bonds. The van der Waals surface area contributed by atoms with E-state index in [-0.39, 0.29) is 5.91 Å². The van der Waals surface area contributed by atoms with Crippen LogP contribution >= 0.6 is 15.9 Å². The molecule has 5 nitrogen and oxygen atoms in total. The van der Waals surface area contributed by atoms with Gasteiger partial charge >= 0.3 is 0 Å². The Morgan fingerprint density at radius 3 is 2.45 bits per heavy atom. The quantitative estimate of drug-likeness (QED) is 0.856. The summed E-state index contributed by atoms with van der Waals surface area (Å²) in [5.41, 5.74) is 0.938. The number of benzene rings is 1. The molecule has 0 aliphatic heterocycles. The van der Waals surface area contributed by atoms with E-state index in [2.05, 4.69) is 50.2 Å². The maximum Gasteiger partial charge on any atom is 0.230 e. The highest BCUT2D eigenvalue weighted by atomic mass is 79.9. The highest BCUT2D eigenvalue weighted by Crippen LogP contribution is 2.17. The van der Waals surface area contributed by atoms with Gasteiger partial charge in [-0.25, -0.2) is 0 Å². The Morgan fingerprint density at radius 1 is 1.14 bits per heavy atom. The van der Waals surface area contributed by atoms with Gasteiger partial charge in [0.05, 0.1) is 6.42 Å². The molecule has 0 radical (unpaired) electrons. The Balaban J connectivity index is 1.99. The van der Waals surface area contributed by atoms with Gasteiger partial charge in [-0.2, -0.15) is 0 Å². The van der Waals surface area contributed by atoms with Gasteiger partial charge < -0.3 is 10.2 Å². The number of hydrogen-bond acceptors (Lipinski definition) is 4. The predicted octanol–water partition coefficient (Wildman–Crippen LogP) is 3.27. The van der Waals surface area contributed by atoms with E-state index in [4.69, 9.17) is 0 Å². The third-order valence-corrected chi connectivity index (χ3v) is 4.09. The molecule has 0 bridgehead atoms. The number of aromatic nitrogens is 2. The lowest BCUT2D eigenvalue weighted by atomic mass is 10.1. The van der Waals surface area contributed by atoms with Crippen molar-refractivity contribution in [1.29, 1.82) is 0 Å². The van der Waals surface area contributed by atoms with Gasteiger partial charge in [0.15, 0.2) is 11.6 Å². The summed E-state index contributed by atoms with van der Waals surface area (Å²) in [6.45, 7) is 5.88. The number of carbonyl (C=O) groups excluding carboxylic acids is 1. The molecular weight excluding hydrogens is 344 g/mol. The van der Waals surface area contributed by atoms with E-state index in [1.807, 2.05) is 30.3 Å². The zero-order chi connectivity index (χ0) is 15.9. The molecule has 0 aliphatic rings. The number of nitrogens with one attached hydrogen (secondary N) is 1. The Labute approximate surface area is 138 Å². The van der Waals surface area contributed by atoms with Crippen LogP contribution in [0.3, 0.4) is 0 Å². The predicted molar refractivity (Wildman–Crippen MR) is 92.1 cm³/mol. The normalized spacial score (nSPS) is 10.3. The van der Waals surface area contributed by atoms with Crippen LogP contribution in [0.15, 0.2) is 40.9 Å². The van der Waals surface area contributed by atoms with Gasteiger partial charge in [0.2, 0.25) is 5.91 Å². The Bertz CT molecular complexity index is 626. The lowest BCUT2D eigenvalue weighted by Crippen LogP contribution is -2.23. The molecule has 116 valence electrons. The monoisotopic (exact) mass is 362 g/mol. The maximum atomic E-state index is 12.1. The first kappa shape index (κ1) is 16.4. The SMILES string of the molecule is CCN(CC)c1ccc(NC(=O)Cc2ccccc2Br)nn1. The number of amides is 1. The summed E-state index contributed by atoms with van der Waals surface area (Å²) in [5, 5.41) is 11.0. The fourth-order valence-electron chi connectivity index (χ4n) is 2.11. The van der Waals surface area contributed by atoms with Crippen LogP contribution in [-0.2, 0) is 11.2 Å². The molecule has 2 aromatic rings. The van der Waals surface area contributed by atoms with Crippen molar-refractivity contribution in [3.8, 4) is 0 Å². The summed E-state index contributed by atoms with van der Waals surface area (Å²) in [6, 6.07) is 11.3. The molecule has 0 spiro atoms. The molecule has 1 aromatic carbocycles. The van der Waals surface area contributed by atoms with E-state index in [1.165, 1.54) is 0 Å². The maximum absolute atomic E-state index is 12.1. The number of anilines is 2. The second-order valence-corrected chi connectivity index (χ2v) is 5.62. The van der Waals surface area contributed by atoms with Gasteiger partial charge in [-0.15, -0.1) is 10.2 Å². The average molecular weight is 363 g/mol. The van der Waals surface area contributed by atoms with Gasteiger partial charge in [-0.05, 0) is 37.6 Å². The summed E-state index contributed by atoms with van der Waals surface area (Å²) >= 11 is 3.44. The molecular formula is C16H19BrN4O. The molecule has 0 fully saturated rings. The number of hydrogen-bond donors (Lipinski definition) is 1. The molecule has 0 atom stereocenters. The molecule has 0 saturated heterocycles. The van der Waals surface area contributed by atoms with E-state index in [0.29, 0.717) is 12.2 Å². The van der Waals surface area contributed by atoms with E-state index < -0.39 is 0 Å². The van der Waals surface area contributed by atoms with Crippen LogP contribution in [0.4, 0.5) is 11.6 Å². The van der Waals surface area contributed by atoms with Crippen molar-refractivity contribution >= 4 is 33.5 Å². The Morgan fingerprint density at radius 2 is 1.86 bits per heavy atom. The number of nitrogens with zero attached hydrogens (tertiary/aromatic N) is 3. The van der Waals surface area contributed by atoms with Crippen LogP contribution in [-0.4, -0.2) is 29.2 Å². The van der Waals surface area contributed by atoms with E-state index in [1.54, 1.807) is 6.07 Å². The summed E-state index contributed by atoms with van der Waals surface area (Å²) in [5.74, 6) is 1.17. The second kappa shape index (κ2) is 7.89. The minimum absolute atomic E-state index is 0.114. The van der Waals surface area contributed by atoms with Gasteiger partial charge in [0.1, 0.15) is 0 Å². The van der Waals surface area contributed by atoms with Crippen LogP contribution in [0.1, 0.15) is 19.4 Å². The Kier molecular flexibility index (Phi) is 5.89. The zero-order valence-corrected chi connectivity index (χ0v) is 14.3.